The van der Waals surface area contributed by atoms with Crippen molar-refractivity contribution >= 4 is 23.3 Å². The van der Waals surface area contributed by atoms with E-state index >= 15 is 0 Å². The van der Waals surface area contributed by atoms with Gasteiger partial charge in [-0.3, -0.25) is 14.9 Å². The van der Waals surface area contributed by atoms with Crippen LogP contribution >= 0.6 is 0 Å². The molecule has 0 saturated carbocycles. The lowest BCUT2D eigenvalue weighted by molar-refractivity contribution is -0.384. The minimum atomic E-state index is -1.46. The predicted molar refractivity (Wildman–Crippen MR) is 83.7 cm³/mol. The largest absolute Gasteiger partial charge is 0.480 e. The molecule has 0 aliphatic carbocycles. The van der Waals surface area contributed by atoms with Crippen LogP contribution < -0.4 is 10.2 Å². The second kappa shape index (κ2) is 6.23. The highest BCUT2D eigenvalue weighted by Gasteiger charge is 2.30. The highest BCUT2D eigenvalue weighted by molar-refractivity contribution is 5.98. The molecule has 1 fully saturated rings. The van der Waals surface area contributed by atoms with Crippen LogP contribution in [0.15, 0.2) is 18.2 Å². The Morgan fingerprint density at radius 3 is 2.43 bits per heavy atom. The van der Waals surface area contributed by atoms with Crippen molar-refractivity contribution in [3.63, 3.8) is 0 Å². The van der Waals surface area contributed by atoms with Gasteiger partial charge in [0.15, 0.2) is 0 Å². The number of rotatable bonds is 5. The fourth-order valence-electron chi connectivity index (χ4n) is 2.45. The summed E-state index contributed by atoms with van der Waals surface area (Å²) in [5, 5.41) is 22.7. The van der Waals surface area contributed by atoms with Gasteiger partial charge < -0.3 is 15.3 Å². The number of nitro groups is 1. The lowest BCUT2D eigenvalue weighted by atomic mass is 10.0. The van der Waals surface area contributed by atoms with E-state index in [1.165, 1.54) is 26.0 Å². The Morgan fingerprint density at radius 1 is 1.30 bits per heavy atom. The molecule has 8 heteroatoms. The van der Waals surface area contributed by atoms with E-state index in [0.29, 0.717) is 5.69 Å². The van der Waals surface area contributed by atoms with Gasteiger partial charge in [-0.25, -0.2) is 4.79 Å². The van der Waals surface area contributed by atoms with Crippen molar-refractivity contribution in [1.29, 1.82) is 0 Å². The van der Waals surface area contributed by atoms with Crippen LogP contribution in [0, 0.1) is 10.1 Å². The molecular formula is C15H19N3O5. The molecule has 1 aromatic rings. The maximum atomic E-state index is 12.2. The van der Waals surface area contributed by atoms with Gasteiger partial charge in [0.2, 0.25) is 0 Å². The second-order valence-electron chi connectivity index (χ2n) is 6.04. The number of carbonyl (C=O) groups excluding carboxylic acids is 1. The minimum absolute atomic E-state index is 0.0639. The fraction of sp³-hybridized carbons (Fsp3) is 0.467. The molecule has 2 N–H and O–H groups in total. The van der Waals surface area contributed by atoms with Crippen LogP contribution in [0.5, 0.6) is 0 Å². The van der Waals surface area contributed by atoms with E-state index in [1.807, 2.05) is 4.90 Å². The van der Waals surface area contributed by atoms with Crippen molar-refractivity contribution in [2.75, 3.05) is 18.0 Å². The second-order valence-corrected chi connectivity index (χ2v) is 6.04. The Balaban J connectivity index is 2.30. The van der Waals surface area contributed by atoms with E-state index in [2.05, 4.69) is 5.32 Å². The van der Waals surface area contributed by atoms with Crippen molar-refractivity contribution in [1.82, 2.24) is 5.32 Å². The third-order valence-electron chi connectivity index (χ3n) is 3.84. The summed E-state index contributed by atoms with van der Waals surface area (Å²) in [6, 6.07) is 4.22. The van der Waals surface area contributed by atoms with Crippen molar-refractivity contribution in [2.24, 2.45) is 0 Å². The summed E-state index contributed by atoms with van der Waals surface area (Å²) in [6.45, 7) is 4.19. The number of carboxylic acid groups (broad SMARTS) is 1. The van der Waals surface area contributed by atoms with Crippen molar-refractivity contribution in [3.8, 4) is 0 Å². The summed E-state index contributed by atoms with van der Waals surface area (Å²) < 4.78 is 0. The molecule has 1 amide bonds. The van der Waals surface area contributed by atoms with E-state index in [0.717, 1.165) is 25.9 Å². The highest BCUT2D eigenvalue weighted by Crippen LogP contribution is 2.31. The molecule has 23 heavy (non-hydrogen) atoms. The Bertz CT molecular complexity index is 651. The van der Waals surface area contributed by atoms with E-state index in [9.17, 15) is 19.7 Å². The third-order valence-corrected chi connectivity index (χ3v) is 3.84. The van der Waals surface area contributed by atoms with Gasteiger partial charge in [-0.2, -0.15) is 0 Å². The number of anilines is 1. The maximum Gasteiger partial charge on any atom is 0.328 e. The fourth-order valence-corrected chi connectivity index (χ4v) is 2.45. The lowest BCUT2D eigenvalue weighted by Crippen LogP contribution is -2.49. The van der Waals surface area contributed by atoms with Gasteiger partial charge >= 0.3 is 5.97 Å². The molecule has 0 unspecified atom stereocenters. The minimum Gasteiger partial charge on any atom is -0.480 e. The normalized spacial score (nSPS) is 14.6. The summed E-state index contributed by atoms with van der Waals surface area (Å²) in [5.74, 6) is -1.84. The number of nitrogens with one attached hydrogen (secondary N) is 1. The SMILES string of the molecule is CC(C)(NC(=O)c1ccc(N2CCCC2)c([N+](=O)[O-])c1)C(=O)O. The zero-order valence-corrected chi connectivity index (χ0v) is 13.0. The number of carbonyl (C=O) groups is 2. The van der Waals surface area contributed by atoms with Gasteiger partial charge in [0.1, 0.15) is 11.2 Å². The molecule has 2 rings (SSSR count). The number of nitrogens with zero attached hydrogens (tertiary/aromatic N) is 2. The molecule has 1 aliphatic heterocycles. The van der Waals surface area contributed by atoms with E-state index in [4.69, 9.17) is 5.11 Å². The lowest BCUT2D eigenvalue weighted by Gasteiger charge is -2.21. The van der Waals surface area contributed by atoms with Gasteiger partial charge in [0.05, 0.1) is 4.92 Å². The molecule has 8 nitrogen and oxygen atoms in total. The van der Waals surface area contributed by atoms with Crippen molar-refractivity contribution in [3.05, 3.63) is 33.9 Å². The number of amides is 1. The van der Waals surface area contributed by atoms with Crippen LogP contribution in [0.1, 0.15) is 37.0 Å². The first-order valence-electron chi connectivity index (χ1n) is 7.31. The molecule has 1 saturated heterocycles. The van der Waals surface area contributed by atoms with Crippen LogP contribution in [-0.4, -0.2) is 40.5 Å². The van der Waals surface area contributed by atoms with E-state index in [1.54, 1.807) is 6.07 Å². The number of benzene rings is 1. The maximum absolute atomic E-state index is 12.2. The van der Waals surface area contributed by atoms with E-state index in [-0.39, 0.29) is 11.3 Å². The average Bonchev–Trinajstić information content (AvgIpc) is 2.99. The highest BCUT2D eigenvalue weighted by atomic mass is 16.6. The van der Waals surface area contributed by atoms with Crippen molar-refractivity contribution < 1.29 is 19.6 Å². The standard InChI is InChI=1S/C15H19N3O5/c1-15(2,14(20)21)16-13(19)10-5-6-11(12(9-10)18(22)23)17-7-3-4-8-17/h5-6,9H,3-4,7-8H2,1-2H3,(H,16,19)(H,20,21). The van der Waals surface area contributed by atoms with E-state index < -0.39 is 22.3 Å². The van der Waals surface area contributed by atoms with Crippen LogP contribution in [0.3, 0.4) is 0 Å². The van der Waals surface area contributed by atoms with Gasteiger partial charge in [0, 0.05) is 24.7 Å². The summed E-state index contributed by atoms with van der Waals surface area (Å²) in [5.41, 5.74) is -1.05. The van der Waals surface area contributed by atoms with Gasteiger partial charge in [0.25, 0.3) is 11.6 Å². The monoisotopic (exact) mass is 321 g/mol. The number of hydrogen-bond acceptors (Lipinski definition) is 5. The Labute approximate surface area is 133 Å². The zero-order valence-electron chi connectivity index (χ0n) is 13.0. The first-order valence-corrected chi connectivity index (χ1v) is 7.31. The zero-order chi connectivity index (χ0) is 17.2. The Morgan fingerprint density at radius 2 is 1.91 bits per heavy atom. The molecule has 1 aliphatic rings. The van der Waals surface area contributed by atoms with Crippen molar-refractivity contribution in [2.45, 2.75) is 32.2 Å². The number of nitro benzene ring substituents is 1. The first-order chi connectivity index (χ1) is 10.7. The molecule has 0 bridgehead atoms. The Kier molecular flexibility index (Phi) is 4.53. The number of carboxylic acids is 1. The molecule has 0 spiro atoms. The predicted octanol–water partition coefficient (Wildman–Crippen LogP) is 1.79. The third kappa shape index (κ3) is 3.58. The van der Waals surface area contributed by atoms with Crippen LogP contribution in [0.25, 0.3) is 0 Å². The summed E-state index contributed by atoms with van der Waals surface area (Å²) in [7, 11) is 0. The summed E-state index contributed by atoms with van der Waals surface area (Å²) in [6.07, 6.45) is 1.96. The van der Waals surface area contributed by atoms with Gasteiger partial charge in [-0.05, 0) is 38.8 Å². The average molecular weight is 321 g/mol. The van der Waals surface area contributed by atoms with Crippen LogP contribution in [0.4, 0.5) is 11.4 Å². The van der Waals surface area contributed by atoms with Gasteiger partial charge in [-0.1, -0.05) is 0 Å². The molecular weight excluding hydrogens is 302 g/mol. The molecule has 1 heterocycles. The number of aliphatic carboxylic acids is 1. The summed E-state index contributed by atoms with van der Waals surface area (Å²) in [4.78, 5) is 35.9. The molecule has 0 radical (unpaired) electrons. The quantitative estimate of drug-likeness (QED) is 0.631. The number of hydrogen-bond donors (Lipinski definition) is 2. The van der Waals surface area contributed by atoms with Crippen LogP contribution in [-0.2, 0) is 4.79 Å². The van der Waals surface area contributed by atoms with Crippen LogP contribution in [0.2, 0.25) is 0 Å². The topological polar surface area (TPSA) is 113 Å². The molecule has 1 aromatic carbocycles. The molecule has 0 aromatic heterocycles. The molecule has 124 valence electrons. The smallest absolute Gasteiger partial charge is 0.328 e. The van der Waals surface area contributed by atoms with Gasteiger partial charge in [-0.15, -0.1) is 0 Å². The summed E-state index contributed by atoms with van der Waals surface area (Å²) >= 11 is 0. The Hall–Kier alpha value is -2.64. The molecule has 0 atom stereocenters. The first kappa shape index (κ1) is 16.7.